The van der Waals surface area contributed by atoms with E-state index in [9.17, 15) is 0 Å². The molecule has 0 nitrogen and oxygen atoms in total. The molecule has 0 aliphatic heterocycles. The second-order valence-corrected chi connectivity index (χ2v) is 6.36. The van der Waals surface area contributed by atoms with Crippen LogP contribution in [0.3, 0.4) is 0 Å². The molecule has 0 aliphatic rings. The van der Waals surface area contributed by atoms with Crippen LogP contribution in [0, 0.1) is 0 Å². The molecule has 0 fully saturated rings. The van der Waals surface area contributed by atoms with Gasteiger partial charge < -0.3 is 0 Å². The van der Waals surface area contributed by atoms with Crippen LogP contribution < -0.4 is 0 Å². The van der Waals surface area contributed by atoms with Gasteiger partial charge in [0.05, 0.1) is 3.23 Å². The van der Waals surface area contributed by atoms with E-state index < -0.39 is 0 Å². The molecule has 0 rings (SSSR count). The molecule has 0 N–H and O–H groups in total. The topological polar surface area (TPSA) is 0 Å². The molecule has 0 spiro atoms. The zero-order chi connectivity index (χ0) is 4.50. The van der Waals surface area contributed by atoms with Crippen molar-refractivity contribution in [1.29, 1.82) is 0 Å². The van der Waals surface area contributed by atoms with Crippen LogP contribution in [0.1, 0.15) is 13.8 Å². The summed E-state index contributed by atoms with van der Waals surface area (Å²) in [5.74, 6) is 0. The van der Waals surface area contributed by atoms with Crippen LogP contribution >= 0.6 is 31.9 Å². The molecule has 0 saturated heterocycles. The average molecular weight is 225 g/mol. The molecule has 0 heterocycles. The minimum Gasteiger partial charge on any atom is -0.0733 e. The molecule has 0 atom stereocenters. The Morgan fingerprint density at radius 2 is 1.17 bits per heavy atom. The summed E-state index contributed by atoms with van der Waals surface area (Å²) in [6.45, 7) is 4.04. The molecule has 1 radical (unpaired) electrons. The number of hydrogen-bond acceptors (Lipinski definition) is 0. The van der Waals surface area contributed by atoms with E-state index in [-0.39, 0.29) is 32.8 Å². The first kappa shape index (κ1) is 10.9. The first-order chi connectivity index (χ1) is 2.00. The van der Waals surface area contributed by atoms with E-state index in [1.165, 1.54) is 0 Å². The maximum absolute atomic E-state index is 3.29. The van der Waals surface area contributed by atoms with Gasteiger partial charge in [0.2, 0.25) is 0 Å². The Morgan fingerprint density at radius 3 is 1.17 bits per heavy atom. The summed E-state index contributed by atoms with van der Waals surface area (Å²) < 4.78 is 0.125. The monoisotopic (exact) mass is 223 g/mol. The van der Waals surface area contributed by atoms with Gasteiger partial charge in [-0.1, -0.05) is 31.9 Å². The van der Waals surface area contributed by atoms with Gasteiger partial charge in [-0.2, -0.15) is 0 Å². The van der Waals surface area contributed by atoms with E-state index >= 15 is 0 Å². The van der Waals surface area contributed by atoms with Crippen molar-refractivity contribution in [2.75, 3.05) is 0 Å². The predicted octanol–water partition coefficient (Wildman–Crippen LogP) is 2.13. The Bertz CT molecular complexity index is 24.3. The van der Waals surface area contributed by atoms with Crippen LogP contribution in [0.5, 0.6) is 0 Å². The number of rotatable bonds is 0. The van der Waals surface area contributed by atoms with Crippen molar-refractivity contribution in [2.45, 2.75) is 17.1 Å². The Labute approximate surface area is 77.6 Å². The van der Waals surface area contributed by atoms with Gasteiger partial charge in [-0.15, -0.1) is 0 Å². The third-order valence-electron chi connectivity index (χ3n) is 0. The van der Waals surface area contributed by atoms with Crippen LogP contribution in [0.25, 0.3) is 0 Å². The number of hydrogen-bond donors (Lipinski definition) is 0. The van der Waals surface area contributed by atoms with Crippen molar-refractivity contribution < 1.29 is 0 Å². The SMILES string of the molecule is CC(C)(Br)Br.[Na]. The summed E-state index contributed by atoms with van der Waals surface area (Å²) in [6, 6.07) is 0. The van der Waals surface area contributed by atoms with Crippen molar-refractivity contribution in [3.05, 3.63) is 0 Å². The number of halogens is 2. The van der Waals surface area contributed by atoms with Gasteiger partial charge in [0.25, 0.3) is 0 Å². The quantitative estimate of drug-likeness (QED) is 0.437. The summed E-state index contributed by atoms with van der Waals surface area (Å²) >= 11 is 6.58. The maximum atomic E-state index is 3.29. The standard InChI is InChI=1S/C3H6Br2.Na/c1-3(2,4)5;/h1-2H3;. The van der Waals surface area contributed by atoms with Crippen molar-refractivity contribution in [3.8, 4) is 0 Å². The van der Waals surface area contributed by atoms with E-state index in [1.807, 2.05) is 13.8 Å². The molecular formula is C3H6Br2Na. The summed E-state index contributed by atoms with van der Waals surface area (Å²) in [5.41, 5.74) is 0. The van der Waals surface area contributed by atoms with Crippen molar-refractivity contribution >= 4 is 61.4 Å². The van der Waals surface area contributed by atoms with Crippen molar-refractivity contribution in [2.24, 2.45) is 0 Å². The van der Waals surface area contributed by atoms with Crippen LogP contribution in [0.2, 0.25) is 0 Å². The van der Waals surface area contributed by atoms with E-state index in [0.717, 1.165) is 0 Å². The van der Waals surface area contributed by atoms with Gasteiger partial charge in [-0.05, 0) is 13.8 Å². The molecule has 3 heteroatoms. The molecule has 0 aliphatic carbocycles. The molecule has 0 unspecified atom stereocenters. The average Bonchev–Trinajstić information content (AvgIpc) is 0.722. The van der Waals surface area contributed by atoms with E-state index in [2.05, 4.69) is 31.9 Å². The largest absolute Gasteiger partial charge is 0.0749 e. The fourth-order valence-corrected chi connectivity index (χ4v) is 0. The minimum absolute atomic E-state index is 0. The van der Waals surface area contributed by atoms with Crippen LogP contribution in [-0.4, -0.2) is 32.8 Å². The van der Waals surface area contributed by atoms with Crippen LogP contribution in [-0.2, 0) is 0 Å². The van der Waals surface area contributed by atoms with Gasteiger partial charge >= 0.3 is 0 Å². The molecule has 0 amide bonds. The molecule has 0 aromatic rings. The summed E-state index contributed by atoms with van der Waals surface area (Å²) in [7, 11) is 0. The van der Waals surface area contributed by atoms with Gasteiger partial charge in [0, 0.05) is 29.6 Å². The Kier molecular flexibility index (Phi) is 7.06. The van der Waals surface area contributed by atoms with Crippen LogP contribution in [0.4, 0.5) is 0 Å². The van der Waals surface area contributed by atoms with E-state index in [0.29, 0.717) is 0 Å². The summed E-state index contributed by atoms with van der Waals surface area (Å²) in [5, 5.41) is 0. The second kappa shape index (κ2) is 3.90. The Hall–Kier alpha value is 1.96. The van der Waals surface area contributed by atoms with Crippen molar-refractivity contribution in [1.82, 2.24) is 0 Å². The van der Waals surface area contributed by atoms with E-state index in [4.69, 9.17) is 0 Å². The molecule has 0 aromatic heterocycles. The Balaban J connectivity index is 0. The maximum Gasteiger partial charge on any atom is 0.0749 e. The first-order valence-electron chi connectivity index (χ1n) is 1.38. The summed E-state index contributed by atoms with van der Waals surface area (Å²) in [6.07, 6.45) is 0. The fourth-order valence-electron chi connectivity index (χ4n) is 0. The third kappa shape index (κ3) is 38.2. The van der Waals surface area contributed by atoms with E-state index in [1.54, 1.807) is 0 Å². The molecule has 0 saturated carbocycles. The van der Waals surface area contributed by atoms with Crippen molar-refractivity contribution in [3.63, 3.8) is 0 Å². The van der Waals surface area contributed by atoms with Gasteiger partial charge in [-0.3, -0.25) is 0 Å². The normalized spacial score (nSPS) is 10.0. The zero-order valence-electron chi connectivity index (χ0n) is 4.26. The van der Waals surface area contributed by atoms with Gasteiger partial charge in [0.15, 0.2) is 0 Å². The molecular weight excluding hydrogens is 219 g/mol. The molecule has 0 bridgehead atoms. The zero-order valence-corrected chi connectivity index (χ0v) is 9.43. The summed E-state index contributed by atoms with van der Waals surface area (Å²) in [4.78, 5) is 0. The molecule has 6 heavy (non-hydrogen) atoms. The first-order valence-corrected chi connectivity index (χ1v) is 2.96. The smallest absolute Gasteiger partial charge is 0.0733 e. The second-order valence-electron chi connectivity index (χ2n) is 1.33. The predicted molar refractivity (Wildman–Crippen MR) is 37.7 cm³/mol. The van der Waals surface area contributed by atoms with Gasteiger partial charge in [-0.25, -0.2) is 0 Å². The third-order valence-corrected chi connectivity index (χ3v) is 0. The number of alkyl halides is 2. The van der Waals surface area contributed by atoms with Crippen LogP contribution in [0.15, 0.2) is 0 Å². The molecule has 33 valence electrons. The fraction of sp³-hybridized carbons (Fsp3) is 1.00. The molecule has 0 aromatic carbocycles. The minimum atomic E-state index is 0. The Morgan fingerprint density at radius 1 is 1.17 bits per heavy atom. The van der Waals surface area contributed by atoms with Gasteiger partial charge in [0.1, 0.15) is 0 Å².